The molecule has 154 valence electrons. The predicted molar refractivity (Wildman–Crippen MR) is 92.1 cm³/mol. The number of aromatic nitrogens is 2. The molecular formula is C17H12F5N3O3S. The van der Waals surface area contributed by atoms with Crippen molar-refractivity contribution in [2.45, 2.75) is 12.7 Å². The minimum Gasteiger partial charge on any atom is -0.413 e. The van der Waals surface area contributed by atoms with Crippen molar-refractivity contribution in [3.63, 3.8) is 0 Å². The maximum absolute atomic E-state index is 14.5. The van der Waals surface area contributed by atoms with Gasteiger partial charge in [-0.1, -0.05) is 18.2 Å². The van der Waals surface area contributed by atoms with Gasteiger partial charge in [0.25, 0.3) is 0 Å². The number of anilines is 1. The second-order valence-corrected chi connectivity index (χ2v) is 7.84. The van der Waals surface area contributed by atoms with Crippen molar-refractivity contribution in [2.24, 2.45) is 0 Å². The van der Waals surface area contributed by atoms with E-state index in [0.29, 0.717) is 4.31 Å². The molecule has 0 amide bonds. The molecule has 0 saturated carbocycles. The fourth-order valence-electron chi connectivity index (χ4n) is 2.45. The molecule has 12 heteroatoms. The molecule has 1 heterocycles. The zero-order chi connectivity index (χ0) is 21.4. The lowest BCUT2D eigenvalue weighted by Crippen LogP contribution is -2.30. The third kappa shape index (κ3) is 4.53. The minimum absolute atomic E-state index is 0.133. The molecule has 0 N–H and O–H groups in total. The Hall–Kier alpha value is -3.02. The second kappa shape index (κ2) is 7.43. The smallest absolute Gasteiger partial charge is 0.413 e. The van der Waals surface area contributed by atoms with Gasteiger partial charge in [0.15, 0.2) is 0 Å². The van der Waals surface area contributed by atoms with Crippen molar-refractivity contribution in [1.82, 2.24) is 10.2 Å². The van der Waals surface area contributed by atoms with Crippen LogP contribution >= 0.6 is 0 Å². The summed E-state index contributed by atoms with van der Waals surface area (Å²) in [4.78, 5) is 0. The zero-order valence-corrected chi connectivity index (χ0v) is 15.4. The van der Waals surface area contributed by atoms with Crippen molar-refractivity contribution in [3.8, 4) is 11.5 Å². The van der Waals surface area contributed by atoms with Crippen LogP contribution in [0.4, 0.5) is 27.6 Å². The highest BCUT2D eigenvalue weighted by atomic mass is 32.2. The number of hydrogen-bond donors (Lipinski definition) is 0. The normalized spacial score (nSPS) is 12.2. The summed E-state index contributed by atoms with van der Waals surface area (Å²) in [7, 11) is -3.97. The third-order valence-corrected chi connectivity index (χ3v) is 4.93. The highest BCUT2D eigenvalue weighted by Gasteiger charge is 2.38. The summed E-state index contributed by atoms with van der Waals surface area (Å²) in [5, 5.41) is 6.08. The van der Waals surface area contributed by atoms with Crippen molar-refractivity contribution in [2.75, 3.05) is 10.6 Å². The topological polar surface area (TPSA) is 76.3 Å². The van der Waals surface area contributed by atoms with Gasteiger partial charge in [-0.05, 0) is 24.3 Å². The molecule has 0 saturated heterocycles. The molecular weight excluding hydrogens is 421 g/mol. The van der Waals surface area contributed by atoms with Gasteiger partial charge in [0.1, 0.15) is 11.6 Å². The summed E-state index contributed by atoms with van der Waals surface area (Å²) in [6, 6.07) is 8.22. The fourth-order valence-corrected chi connectivity index (χ4v) is 3.33. The van der Waals surface area contributed by atoms with Gasteiger partial charge in [0.05, 0.1) is 18.5 Å². The van der Waals surface area contributed by atoms with Gasteiger partial charge in [-0.2, -0.15) is 13.2 Å². The van der Waals surface area contributed by atoms with Gasteiger partial charge < -0.3 is 4.42 Å². The van der Waals surface area contributed by atoms with Crippen LogP contribution in [-0.2, 0) is 22.7 Å². The van der Waals surface area contributed by atoms with Crippen LogP contribution in [0.2, 0.25) is 0 Å². The first kappa shape index (κ1) is 20.7. The van der Waals surface area contributed by atoms with E-state index >= 15 is 0 Å². The lowest BCUT2D eigenvalue weighted by atomic mass is 10.1. The largest absolute Gasteiger partial charge is 0.470 e. The van der Waals surface area contributed by atoms with Crippen molar-refractivity contribution in [1.29, 1.82) is 0 Å². The molecule has 6 nitrogen and oxygen atoms in total. The Morgan fingerprint density at radius 2 is 1.72 bits per heavy atom. The van der Waals surface area contributed by atoms with Gasteiger partial charge in [-0.15, -0.1) is 10.2 Å². The first-order valence-corrected chi connectivity index (χ1v) is 9.73. The number of rotatable bonds is 5. The number of para-hydroxylation sites is 1. The van der Waals surface area contributed by atoms with E-state index in [1.807, 2.05) is 0 Å². The van der Waals surface area contributed by atoms with Crippen LogP contribution in [-0.4, -0.2) is 24.9 Å². The Balaban J connectivity index is 1.94. The molecule has 0 aliphatic rings. The molecule has 3 aromatic rings. The Bertz CT molecular complexity index is 1150. The van der Waals surface area contributed by atoms with E-state index < -0.39 is 46.2 Å². The number of hydrogen-bond acceptors (Lipinski definition) is 5. The predicted octanol–water partition coefficient (Wildman–Crippen LogP) is 4.00. The lowest BCUT2D eigenvalue weighted by Gasteiger charge is -2.23. The quantitative estimate of drug-likeness (QED) is 0.569. The van der Waals surface area contributed by atoms with Crippen molar-refractivity contribution < 1.29 is 34.8 Å². The molecule has 0 radical (unpaired) electrons. The molecule has 1 aromatic heterocycles. The first-order valence-electron chi connectivity index (χ1n) is 7.88. The van der Waals surface area contributed by atoms with Crippen molar-refractivity contribution in [3.05, 3.63) is 65.6 Å². The third-order valence-electron chi connectivity index (χ3n) is 3.80. The van der Waals surface area contributed by atoms with Crippen molar-refractivity contribution >= 4 is 15.7 Å². The summed E-state index contributed by atoms with van der Waals surface area (Å²) in [5.41, 5.74) is -0.547. The molecule has 0 aliphatic carbocycles. The molecule has 0 spiro atoms. The van der Waals surface area contributed by atoms with Gasteiger partial charge in [0, 0.05) is 11.1 Å². The van der Waals surface area contributed by atoms with Crippen LogP contribution in [0.5, 0.6) is 0 Å². The van der Waals surface area contributed by atoms with Crippen LogP contribution in [0, 0.1) is 11.6 Å². The van der Waals surface area contributed by atoms with E-state index in [1.165, 1.54) is 24.3 Å². The summed E-state index contributed by atoms with van der Waals surface area (Å²) >= 11 is 0. The Kier molecular flexibility index (Phi) is 5.30. The average Bonchev–Trinajstić information content (AvgIpc) is 3.11. The van der Waals surface area contributed by atoms with Gasteiger partial charge in [0.2, 0.25) is 15.9 Å². The molecule has 0 unspecified atom stereocenters. The number of halogens is 5. The average molecular weight is 433 g/mol. The molecule has 0 bridgehead atoms. The van der Waals surface area contributed by atoms with E-state index in [0.717, 1.165) is 24.5 Å². The van der Waals surface area contributed by atoms with Gasteiger partial charge in [-0.25, -0.2) is 17.2 Å². The number of nitrogens with zero attached hydrogens (tertiary/aromatic N) is 3. The molecule has 0 aliphatic heterocycles. The summed E-state index contributed by atoms with van der Waals surface area (Å²) in [6.07, 6.45) is -4.01. The SMILES string of the molecule is CS(=O)(=O)N(Cc1ccc(-c2nnc(C(F)(F)F)o2)cc1F)c1ccccc1F. The highest BCUT2D eigenvalue weighted by molar-refractivity contribution is 7.92. The zero-order valence-electron chi connectivity index (χ0n) is 14.6. The van der Waals surface area contributed by atoms with Crippen LogP contribution < -0.4 is 4.31 Å². The standard InChI is InChI=1S/C17H12F5N3O3S/c1-29(26,27)25(14-5-3-2-4-12(14)18)9-11-7-6-10(8-13(11)19)15-23-24-16(28-15)17(20,21)22/h2-8H,9H2,1H3. The molecule has 3 rings (SSSR count). The Morgan fingerprint density at radius 1 is 1.03 bits per heavy atom. The number of alkyl halides is 3. The van der Waals surface area contributed by atoms with Crippen LogP contribution in [0.15, 0.2) is 46.9 Å². The van der Waals surface area contributed by atoms with Crippen LogP contribution in [0.25, 0.3) is 11.5 Å². The number of benzene rings is 2. The summed E-state index contributed by atoms with van der Waals surface area (Å²) in [5.74, 6) is -3.91. The maximum Gasteiger partial charge on any atom is 0.470 e. The van der Waals surface area contributed by atoms with Crippen LogP contribution in [0.3, 0.4) is 0 Å². The van der Waals surface area contributed by atoms with Gasteiger partial charge >= 0.3 is 12.1 Å². The lowest BCUT2D eigenvalue weighted by molar-refractivity contribution is -0.156. The summed E-state index contributed by atoms with van der Waals surface area (Å²) in [6.45, 7) is -0.538. The van der Waals surface area contributed by atoms with Crippen LogP contribution in [0.1, 0.15) is 11.5 Å². The van der Waals surface area contributed by atoms with E-state index in [2.05, 4.69) is 14.6 Å². The van der Waals surface area contributed by atoms with E-state index in [9.17, 15) is 30.4 Å². The molecule has 0 atom stereocenters. The molecule has 0 fully saturated rings. The minimum atomic E-state index is -4.85. The second-order valence-electron chi connectivity index (χ2n) is 5.94. The maximum atomic E-state index is 14.5. The van der Waals surface area contributed by atoms with E-state index in [1.54, 1.807) is 0 Å². The Labute approximate surface area is 161 Å². The monoisotopic (exact) mass is 433 g/mol. The molecule has 2 aromatic carbocycles. The van der Waals surface area contributed by atoms with Gasteiger partial charge in [-0.3, -0.25) is 4.31 Å². The first-order chi connectivity index (χ1) is 13.5. The van der Waals surface area contributed by atoms with E-state index in [-0.39, 0.29) is 16.8 Å². The highest BCUT2D eigenvalue weighted by Crippen LogP contribution is 2.31. The number of sulfonamides is 1. The Morgan fingerprint density at radius 3 is 2.28 bits per heavy atom. The molecule has 29 heavy (non-hydrogen) atoms. The van der Waals surface area contributed by atoms with E-state index in [4.69, 9.17) is 0 Å². The fraction of sp³-hybridized carbons (Fsp3) is 0.176. The summed E-state index contributed by atoms with van der Waals surface area (Å²) < 4.78 is 95.5.